The Bertz CT molecular complexity index is 1290. The van der Waals surface area contributed by atoms with Crippen molar-refractivity contribution in [3.8, 4) is 11.5 Å². The summed E-state index contributed by atoms with van der Waals surface area (Å²) in [5.41, 5.74) is -4.85. The molecule has 0 saturated heterocycles. The van der Waals surface area contributed by atoms with Crippen LogP contribution in [-0.4, -0.2) is 32.3 Å². The van der Waals surface area contributed by atoms with Gasteiger partial charge in [0.1, 0.15) is 24.9 Å². The molecule has 0 atom stereocenters. The standard InChI is InChI=1S/C28H26ClF6NO5/c1-3-8-20-15-21(26(27(30,31)32,28(33,34)35)40-18-38-2)13-14-24(20)41-23-12-7-11-22(16-23)36(29)25(37)39-17-19-9-5-4-6-10-19/h4-7,9-16H,3,8,17-18H2,1-2H3. The number of ether oxygens (including phenoxy) is 4. The summed E-state index contributed by atoms with van der Waals surface area (Å²) in [6.45, 7) is 0.416. The van der Waals surface area contributed by atoms with Gasteiger partial charge in [-0.1, -0.05) is 55.8 Å². The topological polar surface area (TPSA) is 57.2 Å². The number of anilines is 1. The Kier molecular flexibility index (Phi) is 10.5. The molecule has 3 rings (SSSR count). The van der Waals surface area contributed by atoms with Gasteiger partial charge in [0.2, 0.25) is 0 Å². The van der Waals surface area contributed by atoms with Crippen LogP contribution in [0.4, 0.5) is 36.8 Å². The number of hydrogen-bond acceptors (Lipinski definition) is 5. The number of methoxy groups -OCH3 is 1. The first-order valence-corrected chi connectivity index (χ1v) is 12.5. The SMILES string of the molecule is CCCc1cc(C(OCOC)(C(F)(F)F)C(F)(F)F)ccc1Oc1cccc(N(Cl)C(=O)OCc2ccccc2)c1. The number of carbonyl (C=O) groups excluding carboxylic acids is 1. The van der Waals surface area contributed by atoms with Crippen LogP contribution in [0.1, 0.15) is 30.0 Å². The summed E-state index contributed by atoms with van der Waals surface area (Å²) in [6, 6.07) is 17.1. The molecule has 0 radical (unpaired) electrons. The highest BCUT2D eigenvalue weighted by Gasteiger charge is 2.73. The number of nitrogens with zero attached hydrogens (tertiary/aromatic N) is 1. The van der Waals surface area contributed by atoms with Crippen molar-refractivity contribution in [3.63, 3.8) is 0 Å². The average Bonchev–Trinajstić information content (AvgIpc) is 2.92. The van der Waals surface area contributed by atoms with Gasteiger partial charge in [0.25, 0.3) is 5.60 Å². The molecule has 0 aliphatic rings. The molecule has 0 unspecified atom stereocenters. The van der Waals surface area contributed by atoms with E-state index >= 15 is 0 Å². The third-order valence-corrected chi connectivity index (χ3v) is 6.15. The highest BCUT2D eigenvalue weighted by atomic mass is 35.5. The maximum absolute atomic E-state index is 14.0. The van der Waals surface area contributed by atoms with Crippen LogP contribution in [-0.2, 0) is 32.8 Å². The zero-order chi connectivity index (χ0) is 30.3. The van der Waals surface area contributed by atoms with E-state index in [1.54, 1.807) is 31.2 Å². The summed E-state index contributed by atoms with van der Waals surface area (Å²) >= 11 is 6.14. The number of halogens is 7. The second-order valence-corrected chi connectivity index (χ2v) is 9.06. The van der Waals surface area contributed by atoms with Crippen LogP contribution in [0.15, 0.2) is 72.8 Å². The lowest BCUT2D eigenvalue weighted by Crippen LogP contribution is -2.56. The van der Waals surface area contributed by atoms with E-state index in [2.05, 4.69) is 9.47 Å². The normalized spacial score (nSPS) is 12.2. The minimum atomic E-state index is -5.86. The lowest BCUT2D eigenvalue weighted by Gasteiger charge is -2.37. The Balaban J connectivity index is 1.90. The summed E-state index contributed by atoms with van der Waals surface area (Å²) in [5, 5.41) is 0. The predicted octanol–water partition coefficient (Wildman–Crippen LogP) is 8.67. The van der Waals surface area contributed by atoms with Crippen LogP contribution in [0.3, 0.4) is 0 Å². The van der Waals surface area contributed by atoms with E-state index < -0.39 is 36.4 Å². The van der Waals surface area contributed by atoms with Crippen LogP contribution in [0, 0.1) is 0 Å². The van der Waals surface area contributed by atoms with Crippen LogP contribution < -0.4 is 9.16 Å². The number of carbonyl (C=O) groups is 1. The largest absolute Gasteiger partial charge is 0.457 e. The van der Waals surface area contributed by atoms with Gasteiger partial charge in [0, 0.05) is 30.5 Å². The fourth-order valence-corrected chi connectivity index (χ4v) is 4.08. The van der Waals surface area contributed by atoms with E-state index in [-0.39, 0.29) is 35.8 Å². The maximum Gasteiger partial charge on any atom is 0.430 e. The summed E-state index contributed by atoms with van der Waals surface area (Å²) in [4.78, 5) is 12.4. The molecule has 0 aliphatic heterocycles. The number of alkyl halides is 6. The molecule has 6 nitrogen and oxygen atoms in total. The molecule has 3 aromatic rings. The third-order valence-electron chi connectivity index (χ3n) is 5.82. The fraction of sp³-hybridized carbons (Fsp3) is 0.321. The summed E-state index contributed by atoms with van der Waals surface area (Å²) in [6.07, 6.45) is -12.1. The average molecular weight is 606 g/mol. The summed E-state index contributed by atoms with van der Waals surface area (Å²) in [7, 11) is 0.913. The van der Waals surface area contributed by atoms with E-state index in [4.69, 9.17) is 21.3 Å². The van der Waals surface area contributed by atoms with Crippen molar-refractivity contribution in [1.29, 1.82) is 0 Å². The molecule has 1 amide bonds. The van der Waals surface area contributed by atoms with Crippen molar-refractivity contribution in [2.75, 3.05) is 18.3 Å². The Labute approximate surface area is 237 Å². The van der Waals surface area contributed by atoms with Crippen LogP contribution in [0.25, 0.3) is 0 Å². The lowest BCUT2D eigenvalue weighted by atomic mass is 9.89. The highest BCUT2D eigenvalue weighted by Crippen LogP contribution is 2.53. The fourth-order valence-electron chi connectivity index (χ4n) is 3.92. The van der Waals surface area contributed by atoms with E-state index in [9.17, 15) is 31.1 Å². The van der Waals surface area contributed by atoms with Crippen molar-refractivity contribution in [1.82, 2.24) is 0 Å². The first-order chi connectivity index (χ1) is 19.3. The van der Waals surface area contributed by atoms with Crippen molar-refractivity contribution < 1.29 is 50.1 Å². The van der Waals surface area contributed by atoms with Crippen LogP contribution >= 0.6 is 11.8 Å². The van der Waals surface area contributed by atoms with E-state index in [0.717, 1.165) is 24.8 Å². The molecule has 41 heavy (non-hydrogen) atoms. The molecular weight excluding hydrogens is 580 g/mol. The first kappa shape index (κ1) is 32.0. The Morgan fingerprint density at radius 2 is 1.59 bits per heavy atom. The minimum absolute atomic E-state index is 0.00511. The molecule has 0 saturated carbocycles. The van der Waals surface area contributed by atoms with Crippen LogP contribution in [0.5, 0.6) is 11.5 Å². The van der Waals surface area contributed by atoms with Gasteiger partial charge in [-0.2, -0.15) is 30.8 Å². The highest BCUT2D eigenvalue weighted by molar-refractivity contribution is 6.35. The van der Waals surface area contributed by atoms with E-state index in [1.807, 2.05) is 6.07 Å². The third kappa shape index (κ3) is 7.43. The molecule has 13 heteroatoms. The van der Waals surface area contributed by atoms with Crippen molar-refractivity contribution in [2.24, 2.45) is 0 Å². The van der Waals surface area contributed by atoms with Gasteiger partial charge in [-0.3, -0.25) is 0 Å². The number of aryl methyl sites for hydroxylation is 1. The zero-order valence-electron chi connectivity index (χ0n) is 21.9. The second kappa shape index (κ2) is 13.5. The van der Waals surface area contributed by atoms with Gasteiger partial charge in [-0.05, 0) is 41.8 Å². The summed E-state index contributed by atoms with van der Waals surface area (Å²) < 4.78 is 104. The molecule has 0 aromatic heterocycles. The van der Waals surface area contributed by atoms with Gasteiger partial charge in [-0.15, -0.1) is 0 Å². The Morgan fingerprint density at radius 3 is 2.20 bits per heavy atom. The van der Waals surface area contributed by atoms with E-state index in [1.165, 1.54) is 24.3 Å². The molecule has 0 aliphatic carbocycles. The smallest absolute Gasteiger partial charge is 0.430 e. The molecule has 3 aromatic carbocycles. The summed E-state index contributed by atoms with van der Waals surface area (Å²) in [5.74, 6) is 0.119. The molecule has 0 bridgehead atoms. The van der Waals surface area contributed by atoms with Crippen LogP contribution in [0.2, 0.25) is 0 Å². The number of hydrogen-bond donors (Lipinski definition) is 0. The Hall–Kier alpha value is -3.48. The van der Waals surface area contributed by atoms with Gasteiger partial charge >= 0.3 is 18.4 Å². The zero-order valence-corrected chi connectivity index (χ0v) is 22.6. The van der Waals surface area contributed by atoms with Gasteiger partial charge in [0.15, 0.2) is 0 Å². The quantitative estimate of drug-likeness (QED) is 0.124. The second-order valence-electron chi connectivity index (χ2n) is 8.72. The number of amides is 1. The van der Waals surface area contributed by atoms with Gasteiger partial charge in [0.05, 0.1) is 5.69 Å². The predicted molar refractivity (Wildman–Crippen MR) is 139 cm³/mol. The molecule has 0 heterocycles. The molecule has 0 fully saturated rings. The monoisotopic (exact) mass is 605 g/mol. The van der Waals surface area contributed by atoms with E-state index in [0.29, 0.717) is 16.9 Å². The van der Waals surface area contributed by atoms with Gasteiger partial charge < -0.3 is 18.9 Å². The maximum atomic E-state index is 14.0. The van der Waals surface area contributed by atoms with Gasteiger partial charge in [-0.25, -0.2) is 4.79 Å². The Morgan fingerprint density at radius 1 is 0.902 bits per heavy atom. The number of benzene rings is 3. The lowest BCUT2D eigenvalue weighted by molar-refractivity contribution is -0.400. The van der Waals surface area contributed by atoms with Crippen molar-refractivity contribution >= 4 is 23.6 Å². The molecule has 222 valence electrons. The molecule has 0 spiro atoms. The first-order valence-electron chi connectivity index (χ1n) is 12.2. The van der Waals surface area contributed by atoms with Crippen molar-refractivity contribution in [3.05, 3.63) is 89.5 Å². The minimum Gasteiger partial charge on any atom is -0.457 e. The molecular formula is C28H26ClF6NO5. The molecule has 0 N–H and O–H groups in total. The number of rotatable bonds is 11. The van der Waals surface area contributed by atoms with Crippen molar-refractivity contribution in [2.45, 2.75) is 44.3 Å².